The molecule has 0 aliphatic heterocycles. The normalized spacial score (nSPS) is 17.5. The molecule has 5 heteroatoms. The number of isocyanates is 1. The fraction of sp³-hybridized carbons (Fsp3) is 0.333. The lowest BCUT2D eigenvalue weighted by molar-refractivity contribution is 0.256. The summed E-state index contributed by atoms with van der Waals surface area (Å²) in [6.07, 6.45) is 4.55. The van der Waals surface area contributed by atoms with Crippen LogP contribution in [0, 0.1) is 0 Å². The maximum atomic E-state index is 10.5. The van der Waals surface area contributed by atoms with E-state index in [1.165, 1.54) is 0 Å². The van der Waals surface area contributed by atoms with Crippen LogP contribution in [0.15, 0.2) is 23.2 Å². The van der Waals surface area contributed by atoms with E-state index in [9.17, 15) is 4.79 Å². The number of carbonyl (C=O) groups excluding carboxylic acids is 1. The van der Waals surface area contributed by atoms with E-state index < -0.39 is 0 Å². The van der Waals surface area contributed by atoms with Gasteiger partial charge in [-0.05, 0) is 37.0 Å². The Hall–Kier alpha value is -1.64. The first kappa shape index (κ1) is 10.5. The van der Waals surface area contributed by atoms with Gasteiger partial charge in [0.15, 0.2) is 0 Å². The van der Waals surface area contributed by atoms with Crippen LogP contribution in [0.25, 0.3) is 10.9 Å². The summed E-state index contributed by atoms with van der Waals surface area (Å²) in [5, 5.41) is 8.19. The maximum Gasteiger partial charge on any atom is 0.235 e. The predicted molar refractivity (Wildman–Crippen MR) is 64.8 cm³/mol. The van der Waals surface area contributed by atoms with Gasteiger partial charge in [0, 0.05) is 5.39 Å². The summed E-state index contributed by atoms with van der Waals surface area (Å²) < 4.78 is 0. The molecule has 0 amide bonds. The summed E-state index contributed by atoms with van der Waals surface area (Å²) in [5.74, 6) is 0. The Kier molecular flexibility index (Phi) is 2.28. The minimum atomic E-state index is -0.378. The molecule has 1 aliphatic rings. The van der Waals surface area contributed by atoms with E-state index in [1.807, 2.05) is 18.2 Å². The third kappa shape index (κ3) is 1.49. The first-order valence-corrected chi connectivity index (χ1v) is 5.86. The first-order valence-electron chi connectivity index (χ1n) is 5.48. The summed E-state index contributed by atoms with van der Waals surface area (Å²) in [6.45, 7) is 0. The number of hydrogen-bond acceptors (Lipinski definition) is 3. The molecular weight excluding hydrogens is 238 g/mol. The Labute approximate surface area is 103 Å². The monoisotopic (exact) mass is 247 g/mol. The van der Waals surface area contributed by atoms with Crippen molar-refractivity contribution >= 4 is 28.6 Å². The Bertz CT molecular complexity index is 624. The zero-order chi connectivity index (χ0) is 11.9. The molecule has 86 valence electrons. The molecule has 0 unspecified atom stereocenters. The summed E-state index contributed by atoms with van der Waals surface area (Å²) in [5.41, 5.74) is 1.46. The van der Waals surface area contributed by atoms with Gasteiger partial charge in [-0.25, -0.2) is 4.79 Å². The molecule has 2 aromatic rings. The van der Waals surface area contributed by atoms with Gasteiger partial charge in [-0.15, -0.1) is 0 Å². The molecule has 1 heterocycles. The van der Waals surface area contributed by atoms with E-state index in [2.05, 4.69) is 15.2 Å². The van der Waals surface area contributed by atoms with Crippen LogP contribution in [0.2, 0.25) is 5.15 Å². The molecule has 1 saturated carbocycles. The molecule has 1 N–H and O–H groups in total. The third-order valence-corrected chi connectivity index (χ3v) is 3.77. The first-order chi connectivity index (χ1) is 8.25. The summed E-state index contributed by atoms with van der Waals surface area (Å²) in [7, 11) is 0. The fourth-order valence-electron chi connectivity index (χ4n) is 2.33. The van der Waals surface area contributed by atoms with Crippen LogP contribution in [0.1, 0.15) is 24.8 Å². The van der Waals surface area contributed by atoms with Gasteiger partial charge in [0.1, 0.15) is 5.15 Å². The number of benzene rings is 1. The van der Waals surface area contributed by atoms with Gasteiger partial charge in [0.05, 0.1) is 11.1 Å². The number of nitrogens with zero attached hydrogens (tertiary/aromatic N) is 2. The molecule has 0 spiro atoms. The fourth-order valence-corrected chi connectivity index (χ4v) is 2.53. The van der Waals surface area contributed by atoms with Crippen LogP contribution >= 0.6 is 11.6 Å². The maximum absolute atomic E-state index is 10.5. The molecule has 0 radical (unpaired) electrons. The molecule has 0 bridgehead atoms. The quantitative estimate of drug-likeness (QED) is 0.655. The number of hydrogen-bond donors (Lipinski definition) is 1. The highest BCUT2D eigenvalue weighted by molar-refractivity contribution is 6.34. The van der Waals surface area contributed by atoms with E-state index >= 15 is 0 Å². The Balaban J connectivity index is 2.16. The lowest BCUT2D eigenvalue weighted by Gasteiger charge is -2.37. The molecule has 4 nitrogen and oxygen atoms in total. The van der Waals surface area contributed by atoms with Crippen molar-refractivity contribution in [2.24, 2.45) is 4.99 Å². The van der Waals surface area contributed by atoms with Crippen molar-refractivity contribution in [3.63, 3.8) is 0 Å². The van der Waals surface area contributed by atoms with Crippen molar-refractivity contribution in [2.45, 2.75) is 24.8 Å². The van der Waals surface area contributed by atoms with Gasteiger partial charge in [-0.2, -0.15) is 10.1 Å². The Morgan fingerprint density at radius 2 is 2.29 bits per heavy atom. The van der Waals surface area contributed by atoms with Crippen molar-refractivity contribution in [3.8, 4) is 0 Å². The lowest BCUT2D eigenvalue weighted by Crippen LogP contribution is -2.31. The second kappa shape index (κ2) is 3.69. The number of H-pyrrole nitrogens is 1. The predicted octanol–water partition coefficient (Wildman–Crippen LogP) is 2.93. The molecule has 1 aromatic carbocycles. The summed E-state index contributed by atoms with van der Waals surface area (Å²) in [4.78, 5) is 14.5. The molecule has 3 rings (SSSR count). The van der Waals surface area contributed by atoms with Crippen molar-refractivity contribution in [1.29, 1.82) is 0 Å². The van der Waals surface area contributed by atoms with Gasteiger partial charge in [0.25, 0.3) is 0 Å². The minimum absolute atomic E-state index is 0.378. The third-order valence-electron chi connectivity index (χ3n) is 3.49. The van der Waals surface area contributed by atoms with E-state index in [-0.39, 0.29) is 5.54 Å². The number of aromatic nitrogens is 2. The number of halogens is 1. The van der Waals surface area contributed by atoms with Gasteiger partial charge in [0.2, 0.25) is 6.08 Å². The van der Waals surface area contributed by atoms with Crippen LogP contribution in [-0.2, 0) is 10.3 Å². The average Bonchev–Trinajstić information content (AvgIpc) is 2.65. The molecule has 0 atom stereocenters. The number of rotatable bonds is 2. The molecule has 1 aromatic heterocycles. The Morgan fingerprint density at radius 1 is 1.47 bits per heavy atom. The van der Waals surface area contributed by atoms with Crippen LogP contribution in [0.4, 0.5) is 0 Å². The highest BCUT2D eigenvalue weighted by Gasteiger charge is 2.39. The SMILES string of the molecule is O=C=NC1(c2ccc3n[nH]c(Cl)c3c2)CCC1. The van der Waals surface area contributed by atoms with E-state index in [4.69, 9.17) is 11.6 Å². The summed E-state index contributed by atoms with van der Waals surface area (Å²) in [6, 6.07) is 5.81. The molecule has 1 fully saturated rings. The number of aromatic amines is 1. The molecule has 0 saturated heterocycles. The number of aliphatic imine (C=N–C) groups is 1. The van der Waals surface area contributed by atoms with Crippen LogP contribution in [0.3, 0.4) is 0 Å². The van der Waals surface area contributed by atoms with Gasteiger partial charge in [-0.1, -0.05) is 17.7 Å². The van der Waals surface area contributed by atoms with Crippen LogP contribution < -0.4 is 0 Å². The van der Waals surface area contributed by atoms with Gasteiger partial charge < -0.3 is 0 Å². The Morgan fingerprint density at radius 3 is 2.94 bits per heavy atom. The van der Waals surface area contributed by atoms with E-state index in [1.54, 1.807) is 6.08 Å². The standard InChI is InChI=1S/C12H10ClN3O/c13-11-9-6-8(2-3-10(9)15-16-11)12(14-7-17)4-1-5-12/h2-3,6H,1,4-5H2,(H,15,16). The summed E-state index contributed by atoms with van der Waals surface area (Å²) >= 11 is 6.01. The second-order valence-electron chi connectivity index (χ2n) is 4.36. The second-order valence-corrected chi connectivity index (χ2v) is 4.74. The van der Waals surface area contributed by atoms with Crippen molar-refractivity contribution in [1.82, 2.24) is 10.2 Å². The minimum Gasteiger partial charge on any atom is -0.266 e. The highest BCUT2D eigenvalue weighted by Crippen LogP contribution is 2.45. The smallest absolute Gasteiger partial charge is 0.235 e. The average molecular weight is 248 g/mol. The zero-order valence-electron chi connectivity index (χ0n) is 9.03. The van der Waals surface area contributed by atoms with Crippen molar-refractivity contribution < 1.29 is 4.79 Å². The molecular formula is C12H10ClN3O. The lowest BCUT2D eigenvalue weighted by atomic mass is 9.72. The van der Waals surface area contributed by atoms with Gasteiger partial charge >= 0.3 is 0 Å². The van der Waals surface area contributed by atoms with E-state index in [0.29, 0.717) is 5.15 Å². The van der Waals surface area contributed by atoms with E-state index in [0.717, 1.165) is 35.7 Å². The van der Waals surface area contributed by atoms with Crippen molar-refractivity contribution in [2.75, 3.05) is 0 Å². The number of nitrogens with one attached hydrogen (secondary N) is 1. The molecule has 17 heavy (non-hydrogen) atoms. The van der Waals surface area contributed by atoms with Crippen LogP contribution in [0.5, 0.6) is 0 Å². The van der Waals surface area contributed by atoms with Gasteiger partial charge in [-0.3, -0.25) is 5.10 Å². The molecule has 1 aliphatic carbocycles. The largest absolute Gasteiger partial charge is 0.266 e. The zero-order valence-corrected chi connectivity index (χ0v) is 9.79. The van der Waals surface area contributed by atoms with Crippen LogP contribution in [-0.4, -0.2) is 16.3 Å². The topological polar surface area (TPSA) is 58.1 Å². The number of fused-ring (bicyclic) bond motifs is 1. The van der Waals surface area contributed by atoms with Crippen molar-refractivity contribution in [3.05, 3.63) is 28.9 Å². The highest BCUT2D eigenvalue weighted by atomic mass is 35.5.